The van der Waals surface area contributed by atoms with Crippen LogP contribution in [0.25, 0.3) is 5.57 Å². The molecule has 0 aromatic heterocycles. The first-order valence-corrected chi connectivity index (χ1v) is 9.23. The van der Waals surface area contributed by atoms with Gasteiger partial charge in [-0.25, -0.2) is 0 Å². The molecule has 0 spiro atoms. The van der Waals surface area contributed by atoms with Gasteiger partial charge in [0.25, 0.3) is 0 Å². The molecule has 0 amide bonds. The molecule has 0 bridgehead atoms. The van der Waals surface area contributed by atoms with E-state index in [9.17, 15) is 0 Å². The molecule has 0 saturated carbocycles. The van der Waals surface area contributed by atoms with Crippen molar-refractivity contribution >= 4 is 29.6 Å². The predicted molar refractivity (Wildman–Crippen MR) is 57.9 cm³/mol. The number of rotatable bonds is 2. The van der Waals surface area contributed by atoms with Crippen LogP contribution in [0.4, 0.5) is 0 Å². The molecule has 13 heavy (non-hydrogen) atoms. The van der Waals surface area contributed by atoms with E-state index in [1.54, 1.807) is 0 Å². The summed E-state index contributed by atoms with van der Waals surface area (Å²) in [5, 5.41) is 0. The standard InChI is InChI=1S/C10H10.2ClH.Ru/c1-3-9(2)10-7-5-4-6-8-10;;;/h1,3-8H,2H3;2*1H;/q;;;+2/p-2/b9-3+;;;. The summed E-state index contributed by atoms with van der Waals surface area (Å²) >= 11 is -1.64. The van der Waals surface area contributed by atoms with E-state index in [4.69, 9.17) is 19.4 Å². The summed E-state index contributed by atoms with van der Waals surface area (Å²) in [4.78, 5) is 0. The second-order valence-electron chi connectivity index (χ2n) is 2.54. The maximum absolute atomic E-state index is 5.72. The predicted octanol–water partition coefficient (Wildman–Crippen LogP) is 3.82. The third kappa shape index (κ3) is 4.18. The van der Waals surface area contributed by atoms with Gasteiger partial charge in [0.05, 0.1) is 0 Å². The summed E-state index contributed by atoms with van der Waals surface area (Å²) in [5.41, 5.74) is 2.41. The first-order chi connectivity index (χ1) is 6.20. The van der Waals surface area contributed by atoms with Gasteiger partial charge < -0.3 is 0 Å². The van der Waals surface area contributed by atoms with Crippen LogP contribution >= 0.6 is 19.4 Å². The quantitative estimate of drug-likeness (QED) is 0.729. The maximum atomic E-state index is 5.72. The summed E-state index contributed by atoms with van der Waals surface area (Å²) in [6, 6.07) is 10.2. The molecule has 0 aliphatic rings. The van der Waals surface area contributed by atoms with E-state index in [0.717, 1.165) is 0 Å². The molecule has 1 aromatic carbocycles. The van der Waals surface area contributed by atoms with Crippen molar-refractivity contribution in [2.75, 3.05) is 0 Å². The molecule has 3 heteroatoms. The van der Waals surface area contributed by atoms with Gasteiger partial charge in [-0.05, 0) is 0 Å². The Hall–Kier alpha value is 0.0334. The molecule has 72 valence electrons. The first-order valence-electron chi connectivity index (χ1n) is 3.75. The fraction of sp³-hybridized carbons (Fsp3) is 0.100. The van der Waals surface area contributed by atoms with Crippen LogP contribution in [0.5, 0.6) is 0 Å². The molecular weight excluding hydrogens is 292 g/mol. The minimum absolute atomic E-state index is 1.20. The Balaban J connectivity index is 2.86. The average molecular weight is 302 g/mol. The number of allylic oxidation sites excluding steroid dienone is 2. The molecule has 0 unspecified atom stereocenters. The Morgan fingerprint density at radius 1 is 1.23 bits per heavy atom. The van der Waals surface area contributed by atoms with E-state index >= 15 is 0 Å². The van der Waals surface area contributed by atoms with Crippen molar-refractivity contribution in [1.82, 2.24) is 0 Å². The minimum atomic E-state index is -1.64. The third-order valence-electron chi connectivity index (χ3n) is 1.63. The zero-order chi connectivity index (χ0) is 9.68. The van der Waals surface area contributed by atoms with Gasteiger partial charge in [-0.15, -0.1) is 0 Å². The van der Waals surface area contributed by atoms with Crippen molar-refractivity contribution in [1.29, 1.82) is 0 Å². The normalized spacial score (nSPS) is 12.5. The molecule has 0 aliphatic heterocycles. The van der Waals surface area contributed by atoms with Crippen LogP contribution < -0.4 is 0 Å². The van der Waals surface area contributed by atoms with Crippen LogP contribution in [-0.2, 0) is 13.5 Å². The van der Waals surface area contributed by atoms with Gasteiger partial charge in [-0.2, -0.15) is 0 Å². The van der Waals surface area contributed by atoms with Crippen molar-refractivity contribution in [3.05, 3.63) is 42.0 Å². The van der Waals surface area contributed by atoms with Gasteiger partial charge in [0.2, 0.25) is 0 Å². The zero-order valence-corrected chi connectivity index (χ0v) is 10.4. The van der Waals surface area contributed by atoms with Crippen LogP contribution in [0.3, 0.4) is 0 Å². The van der Waals surface area contributed by atoms with Crippen molar-refractivity contribution < 1.29 is 13.5 Å². The number of benzene rings is 1. The van der Waals surface area contributed by atoms with E-state index in [-0.39, 0.29) is 0 Å². The second-order valence-corrected chi connectivity index (χ2v) is 8.34. The number of hydrogen-bond acceptors (Lipinski definition) is 0. The number of hydrogen-bond donors (Lipinski definition) is 0. The summed E-state index contributed by atoms with van der Waals surface area (Å²) in [7, 11) is 11.4. The monoisotopic (exact) mass is 302 g/mol. The summed E-state index contributed by atoms with van der Waals surface area (Å²) in [6.45, 7) is 2.05. The Kier molecular flexibility index (Phi) is 4.87. The molecule has 0 saturated heterocycles. The molecule has 0 aliphatic carbocycles. The molecular formula is C10H10Cl2Ru. The van der Waals surface area contributed by atoms with Crippen LogP contribution in [0, 0.1) is 0 Å². The Bertz CT molecular complexity index is 324. The average Bonchev–Trinajstić information content (AvgIpc) is 2.15. The molecule has 0 atom stereocenters. The van der Waals surface area contributed by atoms with Gasteiger partial charge in [0.1, 0.15) is 0 Å². The molecule has 0 N–H and O–H groups in total. The first kappa shape index (κ1) is 11.1. The third-order valence-corrected chi connectivity index (χ3v) is 3.41. The van der Waals surface area contributed by atoms with Crippen LogP contribution in [0.2, 0.25) is 0 Å². The summed E-state index contributed by atoms with van der Waals surface area (Å²) < 4.78 is 1.90. The van der Waals surface area contributed by atoms with E-state index in [0.29, 0.717) is 0 Å². The summed E-state index contributed by atoms with van der Waals surface area (Å²) in [6.07, 6.45) is 1.99. The summed E-state index contributed by atoms with van der Waals surface area (Å²) in [5.74, 6) is 0. The molecule has 0 radical (unpaired) electrons. The Morgan fingerprint density at radius 2 is 1.85 bits per heavy atom. The van der Waals surface area contributed by atoms with Crippen molar-refractivity contribution in [3.8, 4) is 0 Å². The van der Waals surface area contributed by atoms with Gasteiger partial charge >= 0.3 is 92.0 Å². The Labute approximate surface area is 91.7 Å². The van der Waals surface area contributed by atoms with Crippen LogP contribution in [0.1, 0.15) is 12.5 Å². The van der Waals surface area contributed by atoms with E-state index < -0.39 is 13.5 Å². The van der Waals surface area contributed by atoms with Gasteiger partial charge in [0, 0.05) is 0 Å². The van der Waals surface area contributed by atoms with Crippen LogP contribution in [-0.4, -0.2) is 4.61 Å². The topological polar surface area (TPSA) is 0 Å². The zero-order valence-electron chi connectivity index (χ0n) is 7.15. The fourth-order valence-electron chi connectivity index (χ4n) is 0.930. The van der Waals surface area contributed by atoms with Crippen molar-refractivity contribution in [2.45, 2.75) is 6.92 Å². The molecule has 1 aromatic rings. The second kappa shape index (κ2) is 5.70. The number of halogens is 2. The van der Waals surface area contributed by atoms with Crippen molar-refractivity contribution in [2.24, 2.45) is 0 Å². The van der Waals surface area contributed by atoms with E-state index in [2.05, 4.69) is 19.1 Å². The molecule has 0 fully saturated rings. The Morgan fingerprint density at radius 3 is 2.38 bits per heavy atom. The fourth-order valence-corrected chi connectivity index (χ4v) is 2.11. The van der Waals surface area contributed by atoms with E-state index in [1.807, 2.05) is 28.9 Å². The van der Waals surface area contributed by atoms with Crippen LogP contribution in [0.15, 0.2) is 36.4 Å². The van der Waals surface area contributed by atoms with E-state index in [1.165, 1.54) is 11.1 Å². The van der Waals surface area contributed by atoms with Gasteiger partial charge in [-0.3, -0.25) is 0 Å². The van der Waals surface area contributed by atoms with Gasteiger partial charge in [-0.1, -0.05) is 0 Å². The molecule has 0 nitrogen and oxygen atoms in total. The molecule has 0 heterocycles. The molecule has 1 rings (SSSR count). The van der Waals surface area contributed by atoms with Gasteiger partial charge in [0.15, 0.2) is 0 Å². The van der Waals surface area contributed by atoms with Crippen molar-refractivity contribution in [3.63, 3.8) is 0 Å². The SMILES string of the molecule is C/C(=C\[CH]=[Ru]([Cl])[Cl])c1ccccc1.